The summed E-state index contributed by atoms with van der Waals surface area (Å²) >= 11 is 0. The maximum atomic E-state index is 11.9. The van der Waals surface area contributed by atoms with E-state index in [9.17, 15) is 18.0 Å². The van der Waals surface area contributed by atoms with Gasteiger partial charge in [0.2, 0.25) is 0 Å². The molecule has 1 unspecified atom stereocenters. The summed E-state index contributed by atoms with van der Waals surface area (Å²) in [6, 6.07) is -0.637. The van der Waals surface area contributed by atoms with Gasteiger partial charge in [0, 0.05) is 12.5 Å². The molecule has 16 heavy (non-hydrogen) atoms. The topological polar surface area (TPSA) is 38.3 Å². The fourth-order valence-corrected chi connectivity index (χ4v) is 1.36. The Kier molecular flexibility index (Phi) is 6.40. The van der Waals surface area contributed by atoms with E-state index in [-0.39, 0.29) is 12.5 Å². The summed E-state index contributed by atoms with van der Waals surface area (Å²) in [6.07, 6.45) is -4.45. The molecule has 0 aliphatic carbocycles. The normalized spacial score (nSPS) is 15.6. The molecule has 0 aromatic rings. The largest absolute Gasteiger partial charge is 0.468 e. The molecule has 0 saturated carbocycles. The van der Waals surface area contributed by atoms with Crippen LogP contribution in [0.15, 0.2) is 0 Å². The number of esters is 1. The third-order valence-electron chi connectivity index (χ3n) is 2.19. The Morgan fingerprint density at radius 3 is 2.38 bits per heavy atom. The van der Waals surface area contributed by atoms with Crippen molar-refractivity contribution >= 4 is 5.97 Å². The van der Waals surface area contributed by atoms with Crippen LogP contribution >= 0.6 is 0 Å². The number of rotatable bonds is 6. The molecule has 1 N–H and O–H groups in total. The first kappa shape index (κ1) is 15.2. The zero-order valence-electron chi connectivity index (χ0n) is 9.73. The highest BCUT2D eigenvalue weighted by Crippen LogP contribution is 2.22. The lowest BCUT2D eigenvalue weighted by Crippen LogP contribution is -2.40. The second-order valence-electron chi connectivity index (χ2n) is 3.82. The van der Waals surface area contributed by atoms with Crippen molar-refractivity contribution in [1.29, 1.82) is 0 Å². The molecule has 0 amide bonds. The first-order chi connectivity index (χ1) is 7.26. The molecule has 2 atom stereocenters. The van der Waals surface area contributed by atoms with E-state index in [1.54, 1.807) is 13.8 Å². The van der Waals surface area contributed by atoms with Crippen LogP contribution in [0.2, 0.25) is 0 Å². The first-order valence-corrected chi connectivity index (χ1v) is 5.17. The summed E-state index contributed by atoms with van der Waals surface area (Å²) in [5.74, 6) is -0.414. The summed E-state index contributed by atoms with van der Waals surface area (Å²) in [7, 11) is 1.27. The van der Waals surface area contributed by atoms with Crippen molar-refractivity contribution in [3.63, 3.8) is 0 Å². The number of ether oxygens (including phenoxy) is 1. The van der Waals surface area contributed by atoms with Crippen LogP contribution in [0.4, 0.5) is 13.2 Å². The van der Waals surface area contributed by atoms with Gasteiger partial charge in [-0.05, 0) is 26.7 Å². The van der Waals surface area contributed by atoms with E-state index < -0.39 is 24.6 Å². The average Bonchev–Trinajstić information content (AvgIpc) is 2.14. The van der Waals surface area contributed by atoms with Crippen molar-refractivity contribution in [3.05, 3.63) is 0 Å². The molecule has 0 fully saturated rings. The van der Waals surface area contributed by atoms with Crippen LogP contribution in [0.25, 0.3) is 0 Å². The van der Waals surface area contributed by atoms with Gasteiger partial charge in [0.1, 0.15) is 6.04 Å². The number of carbonyl (C=O) groups is 1. The van der Waals surface area contributed by atoms with Crippen LogP contribution in [0, 0.1) is 0 Å². The van der Waals surface area contributed by atoms with E-state index in [1.165, 1.54) is 7.11 Å². The van der Waals surface area contributed by atoms with Crippen LogP contribution < -0.4 is 5.32 Å². The fourth-order valence-electron chi connectivity index (χ4n) is 1.36. The third-order valence-corrected chi connectivity index (χ3v) is 2.19. The smallest absolute Gasteiger partial charge is 0.389 e. The van der Waals surface area contributed by atoms with E-state index in [4.69, 9.17) is 0 Å². The second-order valence-corrected chi connectivity index (χ2v) is 3.82. The number of halogens is 3. The van der Waals surface area contributed by atoms with Gasteiger partial charge in [0.15, 0.2) is 0 Å². The average molecular weight is 241 g/mol. The molecule has 0 aromatic heterocycles. The van der Waals surface area contributed by atoms with Gasteiger partial charge in [-0.3, -0.25) is 4.79 Å². The molecule has 96 valence electrons. The predicted molar refractivity (Wildman–Crippen MR) is 54.0 cm³/mol. The number of alkyl halides is 3. The van der Waals surface area contributed by atoms with Gasteiger partial charge in [-0.2, -0.15) is 13.2 Å². The predicted octanol–water partition coefficient (Wildman–Crippen LogP) is 2.26. The number of hydrogen-bond donors (Lipinski definition) is 1. The van der Waals surface area contributed by atoms with Gasteiger partial charge in [-0.1, -0.05) is 0 Å². The lowest BCUT2D eigenvalue weighted by atomic mass is 10.1. The van der Waals surface area contributed by atoms with Gasteiger partial charge in [0.25, 0.3) is 0 Å². The Bertz CT molecular complexity index is 219. The van der Waals surface area contributed by atoms with E-state index in [2.05, 4.69) is 10.1 Å². The number of hydrogen-bond acceptors (Lipinski definition) is 3. The zero-order chi connectivity index (χ0) is 12.8. The standard InChI is InChI=1S/C10H18F3NO2/c1-7(5-4-6-10(11,12)13)14-8(2)9(15)16-3/h7-8,14H,4-6H2,1-3H3/t7?,8-/m0/s1. The molecule has 0 aromatic carbocycles. The fraction of sp³-hybridized carbons (Fsp3) is 0.900. The number of carbonyl (C=O) groups excluding carboxylic acids is 1. The molecular weight excluding hydrogens is 223 g/mol. The van der Waals surface area contributed by atoms with Crippen LogP contribution in [0.5, 0.6) is 0 Å². The Labute approximate surface area is 93.3 Å². The molecular formula is C10H18F3NO2. The van der Waals surface area contributed by atoms with Crippen molar-refractivity contribution in [3.8, 4) is 0 Å². The summed E-state index contributed by atoms with van der Waals surface area (Å²) in [6.45, 7) is 3.36. The first-order valence-electron chi connectivity index (χ1n) is 5.17. The van der Waals surface area contributed by atoms with Crippen molar-refractivity contribution in [2.24, 2.45) is 0 Å². The SMILES string of the molecule is COC(=O)[C@H](C)NC(C)CCCC(F)(F)F. The van der Waals surface area contributed by atoms with E-state index in [0.717, 1.165) is 0 Å². The quantitative estimate of drug-likeness (QED) is 0.725. The van der Waals surface area contributed by atoms with Gasteiger partial charge in [-0.25, -0.2) is 0 Å². The van der Waals surface area contributed by atoms with Crippen molar-refractivity contribution < 1.29 is 22.7 Å². The molecule has 0 aliphatic rings. The Morgan fingerprint density at radius 1 is 1.38 bits per heavy atom. The van der Waals surface area contributed by atoms with Crippen LogP contribution in [0.1, 0.15) is 33.1 Å². The summed E-state index contributed by atoms with van der Waals surface area (Å²) < 4.78 is 40.1. The van der Waals surface area contributed by atoms with Gasteiger partial charge >= 0.3 is 12.1 Å². The van der Waals surface area contributed by atoms with Gasteiger partial charge < -0.3 is 10.1 Å². The van der Waals surface area contributed by atoms with E-state index >= 15 is 0 Å². The molecule has 0 aliphatic heterocycles. The highest BCUT2D eigenvalue weighted by atomic mass is 19.4. The monoisotopic (exact) mass is 241 g/mol. The summed E-state index contributed by atoms with van der Waals surface area (Å²) in [5.41, 5.74) is 0. The minimum atomic E-state index is -4.10. The molecule has 0 spiro atoms. The molecule has 0 rings (SSSR count). The molecule has 0 saturated heterocycles. The highest BCUT2D eigenvalue weighted by Gasteiger charge is 2.26. The maximum absolute atomic E-state index is 11.9. The molecule has 0 radical (unpaired) electrons. The lowest BCUT2D eigenvalue weighted by molar-refractivity contribution is -0.143. The maximum Gasteiger partial charge on any atom is 0.389 e. The molecule has 3 nitrogen and oxygen atoms in total. The van der Waals surface area contributed by atoms with Crippen molar-refractivity contribution in [1.82, 2.24) is 5.32 Å². The minimum absolute atomic E-state index is 0.0611. The Morgan fingerprint density at radius 2 is 1.94 bits per heavy atom. The van der Waals surface area contributed by atoms with Gasteiger partial charge in [-0.15, -0.1) is 0 Å². The highest BCUT2D eigenvalue weighted by molar-refractivity contribution is 5.75. The molecule has 0 heterocycles. The molecule has 0 bridgehead atoms. The van der Waals surface area contributed by atoms with Crippen LogP contribution in [-0.4, -0.2) is 31.3 Å². The number of nitrogens with one attached hydrogen (secondary N) is 1. The molecule has 6 heteroatoms. The van der Waals surface area contributed by atoms with Crippen LogP contribution in [0.3, 0.4) is 0 Å². The van der Waals surface area contributed by atoms with Crippen molar-refractivity contribution in [2.75, 3.05) is 7.11 Å². The van der Waals surface area contributed by atoms with Crippen molar-refractivity contribution in [2.45, 2.75) is 51.4 Å². The zero-order valence-corrected chi connectivity index (χ0v) is 9.73. The Balaban J connectivity index is 3.74. The third kappa shape index (κ3) is 7.50. The Hall–Kier alpha value is -0.780. The van der Waals surface area contributed by atoms with Crippen LogP contribution in [-0.2, 0) is 9.53 Å². The number of methoxy groups -OCH3 is 1. The lowest BCUT2D eigenvalue weighted by Gasteiger charge is -2.18. The summed E-state index contributed by atoms with van der Waals surface area (Å²) in [5, 5.41) is 2.87. The second kappa shape index (κ2) is 6.73. The van der Waals surface area contributed by atoms with E-state index in [0.29, 0.717) is 6.42 Å². The minimum Gasteiger partial charge on any atom is -0.468 e. The van der Waals surface area contributed by atoms with Gasteiger partial charge in [0.05, 0.1) is 7.11 Å². The summed E-state index contributed by atoms with van der Waals surface area (Å²) in [4.78, 5) is 11.0. The van der Waals surface area contributed by atoms with E-state index in [1.807, 2.05) is 0 Å².